The molecule has 0 spiro atoms. The highest BCUT2D eigenvalue weighted by atomic mass is 32.2. The summed E-state index contributed by atoms with van der Waals surface area (Å²) in [5.74, 6) is 0. The van der Waals surface area contributed by atoms with Gasteiger partial charge in [0.2, 0.25) is 0 Å². The first-order valence-corrected chi connectivity index (χ1v) is 7.58. The average Bonchev–Trinajstić information content (AvgIpc) is 2.42. The summed E-state index contributed by atoms with van der Waals surface area (Å²) in [6.07, 6.45) is 8.59. The van der Waals surface area contributed by atoms with Crippen LogP contribution in [0.1, 0.15) is 37.3 Å². The van der Waals surface area contributed by atoms with Gasteiger partial charge in [-0.1, -0.05) is 36.4 Å². The third-order valence-electron chi connectivity index (χ3n) is 3.38. The Morgan fingerprint density at radius 3 is 2.89 bits per heavy atom. The van der Waals surface area contributed by atoms with Gasteiger partial charge in [-0.25, -0.2) is 0 Å². The van der Waals surface area contributed by atoms with Crippen molar-refractivity contribution in [1.29, 1.82) is 5.26 Å². The van der Waals surface area contributed by atoms with Crippen molar-refractivity contribution in [2.24, 2.45) is 0 Å². The zero-order chi connectivity index (χ0) is 13.7. The van der Waals surface area contributed by atoms with Crippen LogP contribution in [0, 0.1) is 18.3 Å². The number of nitriles is 1. The molecule has 0 N–H and O–H groups in total. The summed E-state index contributed by atoms with van der Waals surface area (Å²) in [7, 11) is 0. The largest absolute Gasteiger partial charge is 0.198 e. The summed E-state index contributed by atoms with van der Waals surface area (Å²) in [5.41, 5.74) is 3.81. The zero-order valence-electron chi connectivity index (χ0n) is 11.6. The Labute approximate surface area is 120 Å². The zero-order valence-corrected chi connectivity index (χ0v) is 12.4. The summed E-state index contributed by atoms with van der Waals surface area (Å²) < 4.78 is 0. The van der Waals surface area contributed by atoms with Crippen molar-refractivity contribution >= 4 is 11.8 Å². The van der Waals surface area contributed by atoms with E-state index in [0.717, 1.165) is 24.8 Å². The molecule has 0 saturated carbocycles. The second-order valence-electron chi connectivity index (χ2n) is 4.81. The number of thioether (sulfide) groups is 1. The number of hydrogen-bond acceptors (Lipinski definition) is 2. The monoisotopic (exact) mass is 269 g/mol. The first-order valence-electron chi connectivity index (χ1n) is 6.77. The number of benzene rings is 1. The van der Waals surface area contributed by atoms with Crippen LogP contribution in [0.15, 0.2) is 45.7 Å². The summed E-state index contributed by atoms with van der Waals surface area (Å²) in [5, 5.41) is 8.76. The van der Waals surface area contributed by atoms with Crippen LogP contribution in [0.3, 0.4) is 0 Å². The topological polar surface area (TPSA) is 23.8 Å². The molecule has 2 rings (SSSR count). The van der Waals surface area contributed by atoms with E-state index in [-0.39, 0.29) is 0 Å². The Hall–Kier alpha value is -1.46. The van der Waals surface area contributed by atoms with Crippen molar-refractivity contribution < 1.29 is 0 Å². The molecule has 0 bridgehead atoms. The van der Waals surface area contributed by atoms with Crippen molar-refractivity contribution in [3.63, 3.8) is 0 Å². The standard InChI is InChI=1S/C17H19NS/c1-3-14-5-4-6-16(12-14)19-17-8-7-15(9-10-18)13(2)11-17/h5,7-8,11-12H,3-4,6,9H2,1-2H3. The maximum absolute atomic E-state index is 8.76. The van der Waals surface area contributed by atoms with Crippen molar-refractivity contribution in [3.05, 3.63) is 52.0 Å². The van der Waals surface area contributed by atoms with Crippen LogP contribution in [0.25, 0.3) is 0 Å². The van der Waals surface area contributed by atoms with Crippen molar-refractivity contribution in [1.82, 2.24) is 0 Å². The Balaban J connectivity index is 2.12. The van der Waals surface area contributed by atoms with Gasteiger partial charge in [-0.3, -0.25) is 0 Å². The highest BCUT2D eigenvalue weighted by molar-refractivity contribution is 8.03. The highest BCUT2D eigenvalue weighted by Gasteiger charge is 2.07. The molecule has 1 aliphatic rings. The van der Waals surface area contributed by atoms with Gasteiger partial charge in [-0.2, -0.15) is 5.26 Å². The Kier molecular flexibility index (Phi) is 4.87. The lowest BCUT2D eigenvalue weighted by atomic mass is 10.1. The molecule has 0 radical (unpaired) electrons. The maximum atomic E-state index is 8.76. The number of rotatable bonds is 4. The third kappa shape index (κ3) is 3.75. The lowest BCUT2D eigenvalue weighted by molar-refractivity contribution is 0.971. The van der Waals surface area contributed by atoms with Crippen molar-refractivity contribution in [3.8, 4) is 6.07 Å². The molecule has 0 saturated heterocycles. The van der Waals surface area contributed by atoms with E-state index in [1.165, 1.54) is 20.9 Å². The van der Waals surface area contributed by atoms with Gasteiger partial charge in [0.25, 0.3) is 0 Å². The Bertz CT molecular complexity index is 561. The van der Waals surface area contributed by atoms with Crippen LogP contribution >= 0.6 is 11.8 Å². The van der Waals surface area contributed by atoms with Gasteiger partial charge in [0.15, 0.2) is 0 Å². The van der Waals surface area contributed by atoms with Gasteiger partial charge in [-0.15, -0.1) is 0 Å². The third-order valence-corrected chi connectivity index (χ3v) is 4.46. The minimum Gasteiger partial charge on any atom is -0.198 e. The van der Waals surface area contributed by atoms with E-state index in [1.807, 2.05) is 11.8 Å². The van der Waals surface area contributed by atoms with Gasteiger partial charge >= 0.3 is 0 Å². The Morgan fingerprint density at radius 1 is 1.37 bits per heavy atom. The van der Waals surface area contributed by atoms with Crippen LogP contribution in [0.5, 0.6) is 0 Å². The van der Waals surface area contributed by atoms with Crippen LogP contribution < -0.4 is 0 Å². The molecule has 1 aliphatic carbocycles. The minimum atomic E-state index is 0.502. The number of aryl methyl sites for hydroxylation is 1. The smallest absolute Gasteiger partial charge is 0.0669 e. The predicted molar refractivity (Wildman–Crippen MR) is 82.0 cm³/mol. The Morgan fingerprint density at radius 2 is 2.21 bits per heavy atom. The van der Waals surface area contributed by atoms with Gasteiger partial charge in [-0.05, 0) is 60.4 Å². The van der Waals surface area contributed by atoms with Gasteiger partial charge in [0.1, 0.15) is 0 Å². The fraction of sp³-hybridized carbons (Fsp3) is 0.353. The molecule has 0 heterocycles. The normalized spacial score (nSPS) is 14.6. The second kappa shape index (κ2) is 6.63. The van der Waals surface area contributed by atoms with E-state index in [0.29, 0.717) is 6.42 Å². The van der Waals surface area contributed by atoms with Crippen molar-refractivity contribution in [2.75, 3.05) is 0 Å². The van der Waals surface area contributed by atoms with E-state index in [9.17, 15) is 0 Å². The minimum absolute atomic E-state index is 0.502. The first-order chi connectivity index (χ1) is 9.22. The quantitative estimate of drug-likeness (QED) is 0.753. The van der Waals surface area contributed by atoms with Gasteiger partial charge < -0.3 is 0 Å². The van der Waals surface area contributed by atoms with Crippen LogP contribution in [0.4, 0.5) is 0 Å². The maximum Gasteiger partial charge on any atom is 0.0669 e. The number of nitrogens with zero attached hydrogens (tertiary/aromatic N) is 1. The van der Waals surface area contributed by atoms with E-state index in [2.05, 4.69) is 50.3 Å². The van der Waals surface area contributed by atoms with E-state index in [4.69, 9.17) is 5.26 Å². The highest BCUT2D eigenvalue weighted by Crippen LogP contribution is 2.34. The molecule has 1 aromatic carbocycles. The molecule has 0 atom stereocenters. The van der Waals surface area contributed by atoms with Gasteiger partial charge in [0, 0.05) is 4.90 Å². The molecule has 1 aromatic rings. The molecule has 98 valence electrons. The fourth-order valence-electron chi connectivity index (χ4n) is 2.23. The molecular formula is C17H19NS. The molecule has 0 aromatic heterocycles. The molecule has 0 aliphatic heterocycles. The summed E-state index contributed by atoms with van der Waals surface area (Å²) >= 11 is 1.86. The first kappa shape index (κ1) is 14.0. The van der Waals surface area contributed by atoms with Crippen LogP contribution in [0.2, 0.25) is 0 Å². The fourth-order valence-corrected chi connectivity index (χ4v) is 3.34. The molecular weight excluding hydrogens is 250 g/mol. The van der Waals surface area contributed by atoms with Crippen LogP contribution in [-0.2, 0) is 6.42 Å². The van der Waals surface area contributed by atoms with E-state index in [1.54, 1.807) is 0 Å². The summed E-state index contributed by atoms with van der Waals surface area (Å²) in [6.45, 7) is 4.29. The van der Waals surface area contributed by atoms with Crippen molar-refractivity contribution in [2.45, 2.75) is 44.4 Å². The molecule has 2 heteroatoms. The lowest BCUT2D eigenvalue weighted by Gasteiger charge is -2.13. The number of hydrogen-bond donors (Lipinski definition) is 0. The molecule has 19 heavy (non-hydrogen) atoms. The second-order valence-corrected chi connectivity index (χ2v) is 6.01. The molecule has 0 fully saturated rings. The number of allylic oxidation sites excluding steroid dienone is 4. The molecule has 1 nitrogen and oxygen atoms in total. The summed E-state index contributed by atoms with van der Waals surface area (Å²) in [4.78, 5) is 2.73. The summed E-state index contributed by atoms with van der Waals surface area (Å²) in [6, 6.07) is 8.63. The van der Waals surface area contributed by atoms with Gasteiger partial charge in [0.05, 0.1) is 12.5 Å². The van der Waals surface area contributed by atoms with E-state index < -0.39 is 0 Å². The molecule has 0 unspecified atom stereocenters. The lowest BCUT2D eigenvalue weighted by Crippen LogP contribution is -1.91. The average molecular weight is 269 g/mol. The SMILES string of the molecule is CCC1=CCCC(Sc2ccc(CC#N)c(C)c2)=C1. The van der Waals surface area contributed by atoms with Crippen LogP contribution in [-0.4, -0.2) is 0 Å². The van der Waals surface area contributed by atoms with E-state index >= 15 is 0 Å². The molecule has 0 amide bonds. The predicted octanol–water partition coefficient (Wildman–Crippen LogP) is 5.17.